The summed E-state index contributed by atoms with van der Waals surface area (Å²) < 4.78 is 30.0. The number of phenolic OH excluding ortho intramolecular Hbond substituents is 1. The number of aromatic carboxylic acids is 1. The van der Waals surface area contributed by atoms with Gasteiger partial charge in [0.1, 0.15) is 20.7 Å². The Kier molecular flexibility index (Phi) is 5.99. The van der Waals surface area contributed by atoms with E-state index in [1.54, 1.807) is 12.1 Å². The van der Waals surface area contributed by atoms with E-state index in [9.17, 15) is 23.8 Å². The molecule has 11 heteroatoms. The number of carboxylic acid groups (broad SMARTS) is 1. The zero-order valence-electron chi connectivity index (χ0n) is 14.7. The van der Waals surface area contributed by atoms with Crippen molar-refractivity contribution in [1.82, 2.24) is 0 Å². The van der Waals surface area contributed by atoms with Gasteiger partial charge in [0.2, 0.25) is 0 Å². The molecular weight excluding hydrogens is 442 g/mol. The average Bonchev–Trinajstić information content (AvgIpc) is 3.02. The molecule has 0 aliphatic heterocycles. The first-order valence-corrected chi connectivity index (χ1v) is 10.1. The van der Waals surface area contributed by atoms with Crippen LogP contribution in [0, 0.1) is 0 Å². The number of benzene rings is 2. The lowest BCUT2D eigenvalue weighted by Crippen LogP contribution is -2.18. The van der Waals surface area contributed by atoms with Crippen LogP contribution in [0.4, 0.5) is 10.7 Å². The number of carbonyl (C=O) groups is 1. The number of hydrogen-bond donors (Lipinski definition) is 3. The Morgan fingerprint density at radius 3 is 2.48 bits per heavy atom. The van der Waals surface area contributed by atoms with Crippen LogP contribution in [0.1, 0.15) is 10.4 Å². The predicted octanol–water partition coefficient (Wildman–Crippen LogP) is 4.12. The lowest BCUT2D eigenvalue weighted by atomic mass is 10.1. The summed E-state index contributed by atoms with van der Waals surface area (Å²) >= 11 is 4.50. The minimum atomic E-state index is -2.78. The van der Waals surface area contributed by atoms with E-state index in [-0.39, 0.29) is 32.1 Å². The van der Waals surface area contributed by atoms with Crippen LogP contribution in [0.25, 0.3) is 11.1 Å². The summed E-state index contributed by atoms with van der Waals surface area (Å²) in [5.74, 6) is -1.74. The van der Waals surface area contributed by atoms with Crippen molar-refractivity contribution in [2.24, 2.45) is 0 Å². The Bertz CT molecular complexity index is 1120. The molecule has 0 aliphatic rings. The van der Waals surface area contributed by atoms with Crippen LogP contribution in [0.3, 0.4) is 0 Å². The van der Waals surface area contributed by atoms with Crippen molar-refractivity contribution in [3.63, 3.8) is 0 Å². The van der Waals surface area contributed by atoms with E-state index in [0.29, 0.717) is 11.1 Å². The van der Waals surface area contributed by atoms with Gasteiger partial charge < -0.3 is 24.6 Å². The lowest BCUT2D eigenvalue weighted by molar-refractivity contribution is 0.0693. The van der Waals surface area contributed by atoms with E-state index >= 15 is 0 Å². The van der Waals surface area contributed by atoms with Crippen molar-refractivity contribution < 1.29 is 33.6 Å². The molecule has 3 N–H and O–H groups in total. The number of carboxylic acids is 1. The molecule has 0 fully saturated rings. The third kappa shape index (κ3) is 4.15. The van der Waals surface area contributed by atoms with Crippen LogP contribution in [-0.4, -0.2) is 37.2 Å². The maximum absolute atomic E-state index is 11.9. The molecule has 0 amide bonds. The van der Waals surface area contributed by atoms with Gasteiger partial charge in [-0.05, 0) is 35.9 Å². The zero-order valence-corrected chi connectivity index (χ0v) is 17.0. The minimum absolute atomic E-state index is 0.0357. The van der Waals surface area contributed by atoms with Gasteiger partial charge in [0.25, 0.3) is 0 Å². The highest BCUT2D eigenvalue weighted by Crippen LogP contribution is 2.45. The quantitative estimate of drug-likeness (QED) is 0.477. The summed E-state index contributed by atoms with van der Waals surface area (Å²) in [5.41, 5.74) is 0.778. The van der Waals surface area contributed by atoms with Crippen LogP contribution in [0.2, 0.25) is 4.34 Å². The smallest absolute Gasteiger partial charge is 0.339 e. The highest BCUT2D eigenvalue weighted by Gasteiger charge is 2.20. The van der Waals surface area contributed by atoms with Crippen LogP contribution >= 0.6 is 22.9 Å². The minimum Gasteiger partial charge on any atom is -0.755 e. The molecule has 0 aliphatic carbocycles. The molecule has 29 heavy (non-hydrogen) atoms. The van der Waals surface area contributed by atoms with Crippen molar-refractivity contribution in [2.45, 2.75) is 0 Å². The van der Waals surface area contributed by atoms with Gasteiger partial charge in [-0.1, -0.05) is 17.7 Å². The Labute approximate surface area is 176 Å². The molecule has 1 heterocycles. The number of halogens is 1. The standard InChI is InChI=1S/C18H14ClNO7S2/c1-27-15-6-9(2-5-13(15)21)12-8-16(28-17(12)19)20(29(25)26)10-3-4-11(18(23)24)14(22)7-10/h2-8,21-22H,1H3,(H,23,24)(H,25,26)/p-1. The molecular formula is C18H13ClNO7S2-. The Balaban J connectivity index is 2.07. The van der Waals surface area contributed by atoms with E-state index in [2.05, 4.69) is 0 Å². The number of ether oxygens (including phenoxy) is 1. The van der Waals surface area contributed by atoms with E-state index in [4.69, 9.17) is 21.4 Å². The fraction of sp³-hybridized carbons (Fsp3) is 0.0556. The largest absolute Gasteiger partial charge is 0.755 e. The zero-order chi connectivity index (χ0) is 21.3. The SMILES string of the molecule is COc1cc(-c2cc(N(c3ccc(C(=O)O)c(O)c3)S(=O)[O-])sc2Cl)ccc1O. The fourth-order valence-electron chi connectivity index (χ4n) is 2.61. The summed E-state index contributed by atoms with van der Waals surface area (Å²) in [5, 5.41) is 28.9. The molecule has 0 saturated carbocycles. The summed E-state index contributed by atoms with van der Waals surface area (Å²) in [6.07, 6.45) is 0. The third-order valence-corrected chi connectivity index (χ3v) is 6.12. The molecule has 3 aromatic rings. The van der Waals surface area contributed by atoms with Crippen LogP contribution in [-0.2, 0) is 11.3 Å². The first kappa shape index (κ1) is 20.9. The second kappa shape index (κ2) is 8.29. The summed E-state index contributed by atoms with van der Waals surface area (Å²) in [4.78, 5) is 11.0. The fourth-order valence-corrected chi connectivity index (χ4v) is 4.63. The molecule has 8 nitrogen and oxygen atoms in total. The average molecular weight is 455 g/mol. The van der Waals surface area contributed by atoms with Crippen molar-refractivity contribution >= 4 is 50.9 Å². The van der Waals surface area contributed by atoms with E-state index in [0.717, 1.165) is 27.8 Å². The second-order valence-electron chi connectivity index (χ2n) is 5.68. The molecule has 0 radical (unpaired) electrons. The lowest BCUT2D eigenvalue weighted by Gasteiger charge is -2.25. The van der Waals surface area contributed by atoms with Crippen molar-refractivity contribution in [2.75, 3.05) is 11.4 Å². The molecule has 1 aromatic heterocycles. The van der Waals surface area contributed by atoms with E-state index in [1.807, 2.05) is 0 Å². The van der Waals surface area contributed by atoms with Gasteiger partial charge in [-0.25, -0.2) is 4.79 Å². The first-order valence-electron chi connectivity index (χ1n) is 7.85. The monoisotopic (exact) mass is 454 g/mol. The molecule has 3 rings (SSSR count). The van der Waals surface area contributed by atoms with Crippen molar-refractivity contribution in [1.29, 1.82) is 0 Å². The predicted molar refractivity (Wildman–Crippen MR) is 109 cm³/mol. The highest BCUT2D eigenvalue weighted by molar-refractivity contribution is 7.81. The van der Waals surface area contributed by atoms with Gasteiger partial charge in [-0.2, -0.15) is 0 Å². The van der Waals surface area contributed by atoms with Crippen LogP contribution in [0.5, 0.6) is 17.2 Å². The van der Waals surface area contributed by atoms with E-state index in [1.165, 1.54) is 25.3 Å². The molecule has 2 aromatic carbocycles. The van der Waals surface area contributed by atoms with Crippen molar-refractivity contribution in [3.05, 3.63) is 52.4 Å². The van der Waals surface area contributed by atoms with Gasteiger partial charge in [0.05, 0.1) is 24.1 Å². The maximum atomic E-state index is 11.9. The molecule has 0 saturated heterocycles. The number of rotatable bonds is 6. The number of anilines is 2. The van der Waals surface area contributed by atoms with Crippen molar-refractivity contribution in [3.8, 4) is 28.4 Å². The van der Waals surface area contributed by atoms with Gasteiger partial charge in [-0.3, -0.25) is 8.51 Å². The number of phenols is 2. The highest BCUT2D eigenvalue weighted by atomic mass is 35.5. The Hall–Kier alpha value is -2.79. The molecule has 0 spiro atoms. The number of thiophene rings is 1. The van der Waals surface area contributed by atoms with Gasteiger partial charge in [0, 0.05) is 11.6 Å². The molecule has 0 bridgehead atoms. The van der Waals surface area contributed by atoms with Gasteiger partial charge in [0.15, 0.2) is 11.5 Å². The van der Waals surface area contributed by atoms with Crippen LogP contribution < -0.4 is 9.04 Å². The first-order chi connectivity index (χ1) is 13.7. The summed E-state index contributed by atoms with van der Waals surface area (Å²) in [7, 11) is 1.40. The van der Waals surface area contributed by atoms with Gasteiger partial charge in [-0.15, -0.1) is 11.3 Å². The topological polar surface area (TPSA) is 130 Å². The number of nitrogens with zero attached hydrogens (tertiary/aromatic N) is 1. The maximum Gasteiger partial charge on any atom is 0.339 e. The van der Waals surface area contributed by atoms with E-state index < -0.39 is 23.0 Å². The third-order valence-electron chi connectivity index (χ3n) is 3.96. The Morgan fingerprint density at radius 2 is 1.90 bits per heavy atom. The summed E-state index contributed by atoms with van der Waals surface area (Å²) in [6, 6.07) is 9.51. The normalized spacial score (nSPS) is 11.8. The molecule has 152 valence electrons. The Morgan fingerprint density at radius 1 is 1.17 bits per heavy atom. The molecule has 1 atom stereocenters. The second-order valence-corrected chi connectivity index (χ2v) is 8.11. The number of hydrogen-bond acceptors (Lipinski definition) is 7. The van der Waals surface area contributed by atoms with Gasteiger partial charge >= 0.3 is 5.97 Å². The summed E-state index contributed by atoms with van der Waals surface area (Å²) in [6.45, 7) is 0. The number of aromatic hydroxyl groups is 2. The molecule has 1 unspecified atom stereocenters. The van der Waals surface area contributed by atoms with Crippen LogP contribution in [0.15, 0.2) is 42.5 Å². The number of methoxy groups -OCH3 is 1.